The first kappa shape index (κ1) is 12.0. The average Bonchev–Trinajstić information content (AvgIpc) is 2.60. The summed E-state index contributed by atoms with van der Waals surface area (Å²) >= 11 is 0. The molecule has 1 fully saturated rings. The Hall–Kier alpha value is -1.42. The van der Waals surface area contributed by atoms with Crippen LogP contribution in [0.3, 0.4) is 0 Å². The SMILES string of the molecule is Cc1cncc(N2CCC(NC(C)C)C2=O)c1. The summed E-state index contributed by atoms with van der Waals surface area (Å²) in [5, 5.41) is 3.29. The molecule has 0 aliphatic carbocycles. The third-order valence-electron chi connectivity index (χ3n) is 2.91. The lowest BCUT2D eigenvalue weighted by Gasteiger charge is -2.18. The second-order valence-corrected chi connectivity index (χ2v) is 4.87. The van der Waals surface area contributed by atoms with Crippen LogP contribution in [0, 0.1) is 6.92 Å². The van der Waals surface area contributed by atoms with Crippen LogP contribution < -0.4 is 10.2 Å². The molecule has 1 N–H and O–H groups in total. The highest BCUT2D eigenvalue weighted by Crippen LogP contribution is 2.21. The summed E-state index contributed by atoms with van der Waals surface area (Å²) in [5.74, 6) is 0.158. The molecule has 4 nitrogen and oxygen atoms in total. The van der Waals surface area contributed by atoms with Gasteiger partial charge in [0.2, 0.25) is 5.91 Å². The molecule has 1 aromatic heterocycles. The first-order valence-electron chi connectivity index (χ1n) is 6.07. The van der Waals surface area contributed by atoms with E-state index in [0.717, 1.165) is 24.2 Å². The fourth-order valence-corrected chi connectivity index (χ4v) is 2.18. The van der Waals surface area contributed by atoms with Crippen molar-refractivity contribution in [1.29, 1.82) is 0 Å². The number of hydrogen-bond donors (Lipinski definition) is 1. The van der Waals surface area contributed by atoms with Crippen LogP contribution in [0.5, 0.6) is 0 Å². The van der Waals surface area contributed by atoms with Crippen LogP contribution >= 0.6 is 0 Å². The number of aromatic nitrogens is 1. The normalized spacial score (nSPS) is 20.4. The minimum Gasteiger partial charge on any atom is -0.309 e. The van der Waals surface area contributed by atoms with Gasteiger partial charge in [-0.25, -0.2) is 0 Å². The van der Waals surface area contributed by atoms with E-state index in [2.05, 4.69) is 24.1 Å². The van der Waals surface area contributed by atoms with Crippen LogP contribution in [0.4, 0.5) is 5.69 Å². The number of nitrogens with zero attached hydrogens (tertiary/aromatic N) is 2. The van der Waals surface area contributed by atoms with Gasteiger partial charge >= 0.3 is 0 Å². The number of carbonyl (C=O) groups is 1. The molecule has 2 heterocycles. The molecule has 1 amide bonds. The van der Waals surface area contributed by atoms with E-state index in [-0.39, 0.29) is 11.9 Å². The van der Waals surface area contributed by atoms with Crippen LogP contribution in [0.25, 0.3) is 0 Å². The molecule has 92 valence electrons. The summed E-state index contributed by atoms with van der Waals surface area (Å²) in [6.07, 6.45) is 4.42. The van der Waals surface area contributed by atoms with Gasteiger partial charge in [0.15, 0.2) is 0 Å². The summed E-state index contributed by atoms with van der Waals surface area (Å²) < 4.78 is 0. The summed E-state index contributed by atoms with van der Waals surface area (Å²) in [5.41, 5.74) is 1.98. The highest BCUT2D eigenvalue weighted by molar-refractivity contribution is 5.99. The maximum absolute atomic E-state index is 12.2. The lowest BCUT2D eigenvalue weighted by Crippen LogP contribution is -2.41. The van der Waals surface area contributed by atoms with E-state index in [1.807, 2.05) is 17.9 Å². The van der Waals surface area contributed by atoms with E-state index >= 15 is 0 Å². The Balaban J connectivity index is 2.12. The minimum absolute atomic E-state index is 0.0458. The molecule has 1 unspecified atom stereocenters. The second kappa shape index (κ2) is 4.84. The summed E-state index contributed by atoms with van der Waals surface area (Å²) in [6, 6.07) is 2.29. The van der Waals surface area contributed by atoms with E-state index in [1.165, 1.54) is 0 Å². The summed E-state index contributed by atoms with van der Waals surface area (Å²) in [6.45, 7) is 6.88. The fourth-order valence-electron chi connectivity index (χ4n) is 2.18. The van der Waals surface area contributed by atoms with Crippen LogP contribution in [0.15, 0.2) is 18.5 Å². The van der Waals surface area contributed by atoms with Gasteiger partial charge in [0.1, 0.15) is 0 Å². The predicted molar refractivity (Wildman–Crippen MR) is 68.0 cm³/mol. The van der Waals surface area contributed by atoms with E-state index in [9.17, 15) is 4.79 Å². The molecule has 1 aliphatic heterocycles. The quantitative estimate of drug-likeness (QED) is 0.860. The minimum atomic E-state index is -0.0458. The molecule has 0 radical (unpaired) electrons. The third kappa shape index (κ3) is 2.64. The number of hydrogen-bond acceptors (Lipinski definition) is 3. The number of amides is 1. The molecule has 1 aliphatic rings. The number of aryl methyl sites for hydroxylation is 1. The van der Waals surface area contributed by atoms with Gasteiger partial charge in [-0.3, -0.25) is 9.78 Å². The van der Waals surface area contributed by atoms with Gasteiger partial charge in [0.25, 0.3) is 0 Å². The number of anilines is 1. The molecule has 1 aromatic rings. The molecule has 0 spiro atoms. The number of carbonyl (C=O) groups excluding carboxylic acids is 1. The zero-order valence-corrected chi connectivity index (χ0v) is 10.6. The smallest absolute Gasteiger partial charge is 0.244 e. The third-order valence-corrected chi connectivity index (χ3v) is 2.91. The van der Waals surface area contributed by atoms with Gasteiger partial charge < -0.3 is 10.2 Å². The molecule has 0 bridgehead atoms. The largest absolute Gasteiger partial charge is 0.309 e. The molecule has 0 aromatic carbocycles. The molecule has 0 saturated carbocycles. The molecule has 1 saturated heterocycles. The first-order valence-corrected chi connectivity index (χ1v) is 6.07. The van der Waals surface area contributed by atoms with Gasteiger partial charge in [-0.05, 0) is 25.0 Å². The second-order valence-electron chi connectivity index (χ2n) is 4.87. The monoisotopic (exact) mass is 233 g/mol. The van der Waals surface area contributed by atoms with Crippen molar-refractivity contribution in [2.45, 2.75) is 39.3 Å². The maximum atomic E-state index is 12.2. The standard InChI is InChI=1S/C13H19N3O/c1-9(2)15-12-4-5-16(13(12)17)11-6-10(3)7-14-8-11/h6-9,12,15H,4-5H2,1-3H3. The molecular formula is C13H19N3O. The van der Waals surface area contributed by atoms with Crippen molar-refractivity contribution >= 4 is 11.6 Å². The van der Waals surface area contributed by atoms with E-state index in [0.29, 0.717) is 6.04 Å². The van der Waals surface area contributed by atoms with E-state index in [4.69, 9.17) is 0 Å². The van der Waals surface area contributed by atoms with E-state index < -0.39 is 0 Å². The van der Waals surface area contributed by atoms with Gasteiger partial charge in [-0.1, -0.05) is 13.8 Å². The Morgan fingerprint density at radius 1 is 1.47 bits per heavy atom. The van der Waals surface area contributed by atoms with Crippen molar-refractivity contribution in [3.05, 3.63) is 24.0 Å². The van der Waals surface area contributed by atoms with E-state index in [1.54, 1.807) is 12.4 Å². The van der Waals surface area contributed by atoms with Crippen molar-refractivity contribution in [1.82, 2.24) is 10.3 Å². The van der Waals surface area contributed by atoms with Gasteiger partial charge in [-0.15, -0.1) is 0 Å². The topological polar surface area (TPSA) is 45.2 Å². The lowest BCUT2D eigenvalue weighted by molar-refractivity contribution is -0.118. The first-order chi connectivity index (χ1) is 8.08. The molecular weight excluding hydrogens is 214 g/mol. The van der Waals surface area contributed by atoms with Crippen molar-refractivity contribution in [2.24, 2.45) is 0 Å². The Morgan fingerprint density at radius 3 is 2.88 bits per heavy atom. The van der Waals surface area contributed by atoms with Gasteiger partial charge in [0, 0.05) is 18.8 Å². The van der Waals surface area contributed by atoms with Crippen LogP contribution in [-0.4, -0.2) is 29.5 Å². The Labute approximate surface area is 102 Å². The average molecular weight is 233 g/mol. The van der Waals surface area contributed by atoms with Crippen molar-refractivity contribution in [3.8, 4) is 0 Å². The van der Waals surface area contributed by atoms with Crippen LogP contribution in [0.2, 0.25) is 0 Å². The number of pyridine rings is 1. The van der Waals surface area contributed by atoms with Crippen molar-refractivity contribution in [3.63, 3.8) is 0 Å². The lowest BCUT2D eigenvalue weighted by atomic mass is 10.2. The molecule has 17 heavy (non-hydrogen) atoms. The zero-order chi connectivity index (χ0) is 12.4. The van der Waals surface area contributed by atoms with Crippen molar-refractivity contribution < 1.29 is 4.79 Å². The molecule has 1 atom stereocenters. The Kier molecular flexibility index (Phi) is 3.43. The van der Waals surface area contributed by atoms with Crippen LogP contribution in [0.1, 0.15) is 25.8 Å². The van der Waals surface area contributed by atoms with Gasteiger partial charge in [0.05, 0.1) is 17.9 Å². The Bertz CT molecular complexity index is 417. The fraction of sp³-hybridized carbons (Fsp3) is 0.538. The van der Waals surface area contributed by atoms with Crippen molar-refractivity contribution in [2.75, 3.05) is 11.4 Å². The highest BCUT2D eigenvalue weighted by atomic mass is 16.2. The Morgan fingerprint density at radius 2 is 2.24 bits per heavy atom. The molecule has 2 rings (SSSR count). The maximum Gasteiger partial charge on any atom is 0.244 e. The summed E-state index contributed by atoms with van der Waals surface area (Å²) in [7, 11) is 0. The number of nitrogens with one attached hydrogen (secondary N) is 1. The zero-order valence-electron chi connectivity index (χ0n) is 10.6. The van der Waals surface area contributed by atoms with Crippen LogP contribution in [-0.2, 0) is 4.79 Å². The van der Waals surface area contributed by atoms with Gasteiger partial charge in [-0.2, -0.15) is 0 Å². The number of rotatable bonds is 3. The highest BCUT2D eigenvalue weighted by Gasteiger charge is 2.32. The summed E-state index contributed by atoms with van der Waals surface area (Å²) in [4.78, 5) is 18.1. The molecule has 4 heteroatoms. The predicted octanol–water partition coefficient (Wildman–Crippen LogP) is 1.49.